The first-order valence-corrected chi connectivity index (χ1v) is 8.95. The predicted molar refractivity (Wildman–Crippen MR) is 101 cm³/mol. The fraction of sp³-hybridized carbons (Fsp3) is 0.211. The Morgan fingerprint density at radius 2 is 1.88 bits per heavy atom. The van der Waals surface area contributed by atoms with E-state index in [2.05, 4.69) is 5.32 Å². The Bertz CT molecular complexity index is 834. The fourth-order valence-electron chi connectivity index (χ4n) is 2.33. The van der Waals surface area contributed by atoms with E-state index in [1.54, 1.807) is 43.5 Å². The highest BCUT2D eigenvalue weighted by atomic mass is 32.2. The number of rotatable bonds is 8. The molecule has 0 atom stereocenters. The molecule has 2 rings (SSSR count). The lowest BCUT2D eigenvalue weighted by Crippen LogP contribution is -2.16. The number of hydrogen-bond donors (Lipinski definition) is 2. The van der Waals surface area contributed by atoms with Crippen LogP contribution in [-0.4, -0.2) is 35.6 Å². The van der Waals surface area contributed by atoms with Crippen LogP contribution in [0, 0.1) is 0 Å². The second-order valence-corrected chi connectivity index (χ2v) is 6.46. The van der Waals surface area contributed by atoms with Crippen LogP contribution < -0.4 is 10.1 Å². The summed E-state index contributed by atoms with van der Waals surface area (Å²) in [5.41, 5.74) is 1.72. The minimum absolute atomic E-state index is 0.0399. The van der Waals surface area contributed by atoms with Gasteiger partial charge in [-0.1, -0.05) is 12.1 Å². The molecule has 2 aromatic rings. The van der Waals surface area contributed by atoms with Gasteiger partial charge >= 0.3 is 5.97 Å². The second kappa shape index (κ2) is 9.05. The third kappa shape index (κ3) is 5.10. The van der Waals surface area contributed by atoms with Crippen LogP contribution in [0.15, 0.2) is 42.5 Å². The van der Waals surface area contributed by atoms with Crippen LogP contribution in [0.4, 0.5) is 5.69 Å². The smallest absolute Gasteiger partial charge is 0.337 e. The molecule has 0 aliphatic carbocycles. The van der Waals surface area contributed by atoms with E-state index in [-0.39, 0.29) is 28.7 Å². The van der Waals surface area contributed by atoms with Gasteiger partial charge in [0, 0.05) is 16.9 Å². The molecule has 26 heavy (non-hydrogen) atoms. The number of ether oxygens (including phenoxy) is 1. The number of methoxy groups -OCH3 is 1. The molecular weight excluding hydrogens is 354 g/mol. The monoisotopic (exact) mass is 373 g/mol. The molecule has 0 unspecified atom stereocenters. The summed E-state index contributed by atoms with van der Waals surface area (Å²) < 4.78 is 5.28. The molecule has 2 N–H and O–H groups in total. The van der Waals surface area contributed by atoms with Crippen LogP contribution in [0.2, 0.25) is 0 Å². The number of carboxylic acid groups (broad SMARTS) is 1. The topological polar surface area (TPSA) is 92.7 Å². The molecular formula is C19H19NO5S. The number of thioether (sulfide) groups is 1. The van der Waals surface area contributed by atoms with Crippen LogP contribution in [0.25, 0.3) is 0 Å². The molecule has 2 aromatic carbocycles. The summed E-state index contributed by atoms with van der Waals surface area (Å²) in [6.07, 6.45) is 0. The van der Waals surface area contributed by atoms with Gasteiger partial charge in [0.2, 0.25) is 5.91 Å². The van der Waals surface area contributed by atoms with Crippen molar-refractivity contribution in [2.75, 3.05) is 18.2 Å². The van der Waals surface area contributed by atoms with Gasteiger partial charge in [-0.25, -0.2) is 4.79 Å². The van der Waals surface area contributed by atoms with E-state index in [9.17, 15) is 14.4 Å². The van der Waals surface area contributed by atoms with Crippen LogP contribution in [0.5, 0.6) is 5.75 Å². The van der Waals surface area contributed by atoms with E-state index in [0.29, 0.717) is 17.1 Å². The number of benzene rings is 2. The number of para-hydroxylation sites is 1. The van der Waals surface area contributed by atoms with E-state index >= 15 is 0 Å². The van der Waals surface area contributed by atoms with E-state index in [1.807, 2.05) is 0 Å². The van der Waals surface area contributed by atoms with Crippen LogP contribution in [0.3, 0.4) is 0 Å². The molecule has 0 spiro atoms. The molecule has 0 saturated carbocycles. The first kappa shape index (κ1) is 19.5. The summed E-state index contributed by atoms with van der Waals surface area (Å²) in [4.78, 5) is 34.8. The first-order valence-electron chi connectivity index (χ1n) is 7.80. The Hall–Kier alpha value is -2.80. The molecule has 0 aromatic heterocycles. The zero-order valence-electron chi connectivity index (χ0n) is 14.4. The largest absolute Gasteiger partial charge is 0.496 e. The van der Waals surface area contributed by atoms with Crippen molar-refractivity contribution in [3.8, 4) is 5.75 Å². The Labute approximate surface area is 155 Å². The summed E-state index contributed by atoms with van der Waals surface area (Å²) in [5, 5.41) is 11.7. The lowest BCUT2D eigenvalue weighted by molar-refractivity contribution is -0.113. The van der Waals surface area contributed by atoms with Gasteiger partial charge in [0.15, 0.2) is 5.78 Å². The van der Waals surface area contributed by atoms with Crippen LogP contribution in [-0.2, 0) is 10.5 Å². The molecule has 0 radical (unpaired) electrons. The maximum atomic E-state index is 12.1. The molecule has 0 aliphatic rings. The van der Waals surface area contributed by atoms with Crippen molar-refractivity contribution in [1.82, 2.24) is 0 Å². The zero-order chi connectivity index (χ0) is 19.1. The maximum Gasteiger partial charge on any atom is 0.337 e. The van der Waals surface area contributed by atoms with E-state index in [1.165, 1.54) is 24.8 Å². The van der Waals surface area contributed by atoms with Crippen molar-refractivity contribution in [3.05, 3.63) is 59.2 Å². The SMILES string of the molecule is COc1ccc(C(C)=O)cc1CSCC(=O)Nc1ccccc1C(=O)O. The van der Waals surface area contributed by atoms with Gasteiger partial charge in [0.1, 0.15) is 5.75 Å². The predicted octanol–water partition coefficient (Wildman–Crippen LogP) is 3.47. The maximum absolute atomic E-state index is 12.1. The number of amides is 1. The standard InChI is InChI=1S/C19H19NO5S/c1-12(21)13-7-8-17(25-2)14(9-13)10-26-11-18(22)20-16-6-4-3-5-15(16)19(23)24/h3-9H,10-11H2,1-2H3,(H,20,22)(H,23,24). The van der Waals surface area contributed by atoms with Gasteiger partial charge in [0.05, 0.1) is 24.1 Å². The molecule has 0 bridgehead atoms. The summed E-state index contributed by atoms with van der Waals surface area (Å²) in [5.74, 6) is -0.162. The molecule has 7 heteroatoms. The molecule has 136 valence electrons. The number of carbonyl (C=O) groups excluding carboxylic acids is 2. The summed E-state index contributed by atoms with van der Waals surface area (Å²) >= 11 is 1.35. The minimum Gasteiger partial charge on any atom is -0.496 e. The Kier molecular flexibility index (Phi) is 6.80. The number of ketones is 1. The van der Waals surface area contributed by atoms with Gasteiger partial charge < -0.3 is 15.2 Å². The Morgan fingerprint density at radius 3 is 2.54 bits per heavy atom. The van der Waals surface area contributed by atoms with Crippen molar-refractivity contribution in [1.29, 1.82) is 0 Å². The van der Waals surface area contributed by atoms with E-state index < -0.39 is 5.97 Å². The van der Waals surface area contributed by atoms with Crippen LogP contribution >= 0.6 is 11.8 Å². The Balaban J connectivity index is 1.98. The molecule has 0 saturated heterocycles. The highest BCUT2D eigenvalue weighted by Gasteiger charge is 2.12. The molecule has 0 heterocycles. The molecule has 0 aliphatic heterocycles. The van der Waals surface area contributed by atoms with Crippen molar-refractivity contribution in [2.45, 2.75) is 12.7 Å². The zero-order valence-corrected chi connectivity index (χ0v) is 15.3. The summed E-state index contributed by atoms with van der Waals surface area (Å²) in [6.45, 7) is 1.49. The lowest BCUT2D eigenvalue weighted by atomic mass is 10.1. The average Bonchev–Trinajstić information content (AvgIpc) is 2.61. The first-order chi connectivity index (χ1) is 12.4. The Morgan fingerprint density at radius 1 is 1.15 bits per heavy atom. The quantitative estimate of drug-likeness (QED) is 0.689. The number of Topliss-reactive ketones (excluding diaryl/α,β-unsaturated/α-hetero) is 1. The van der Waals surface area contributed by atoms with Crippen molar-refractivity contribution in [3.63, 3.8) is 0 Å². The highest BCUT2D eigenvalue weighted by molar-refractivity contribution is 7.99. The van der Waals surface area contributed by atoms with Gasteiger partial charge in [-0.3, -0.25) is 9.59 Å². The summed E-state index contributed by atoms with van der Waals surface area (Å²) in [6, 6.07) is 11.4. The molecule has 6 nitrogen and oxygen atoms in total. The van der Waals surface area contributed by atoms with Crippen molar-refractivity contribution >= 4 is 35.1 Å². The number of nitrogens with one attached hydrogen (secondary N) is 1. The highest BCUT2D eigenvalue weighted by Crippen LogP contribution is 2.25. The molecule has 0 fully saturated rings. The number of hydrogen-bond acceptors (Lipinski definition) is 5. The number of anilines is 1. The van der Waals surface area contributed by atoms with Gasteiger partial charge in [-0.2, -0.15) is 0 Å². The number of carbonyl (C=O) groups is 3. The third-order valence-corrected chi connectivity index (χ3v) is 4.59. The minimum atomic E-state index is -1.10. The van der Waals surface area contributed by atoms with Crippen molar-refractivity contribution < 1.29 is 24.2 Å². The summed E-state index contributed by atoms with van der Waals surface area (Å²) in [7, 11) is 1.55. The normalized spacial score (nSPS) is 10.2. The van der Waals surface area contributed by atoms with Crippen LogP contribution in [0.1, 0.15) is 33.2 Å². The number of carboxylic acids is 1. The van der Waals surface area contributed by atoms with E-state index in [4.69, 9.17) is 9.84 Å². The van der Waals surface area contributed by atoms with Gasteiger partial charge in [-0.15, -0.1) is 11.8 Å². The number of aromatic carboxylic acids is 1. The average molecular weight is 373 g/mol. The fourth-order valence-corrected chi connectivity index (χ4v) is 3.13. The second-order valence-electron chi connectivity index (χ2n) is 5.47. The van der Waals surface area contributed by atoms with Gasteiger partial charge in [-0.05, 0) is 37.3 Å². The third-order valence-electron chi connectivity index (χ3n) is 3.61. The van der Waals surface area contributed by atoms with Gasteiger partial charge in [0.25, 0.3) is 0 Å². The van der Waals surface area contributed by atoms with E-state index in [0.717, 1.165) is 5.56 Å². The van der Waals surface area contributed by atoms with Crippen molar-refractivity contribution in [2.24, 2.45) is 0 Å². The molecule has 1 amide bonds. The lowest BCUT2D eigenvalue weighted by Gasteiger charge is -2.11.